The van der Waals surface area contributed by atoms with Gasteiger partial charge in [-0.15, -0.1) is 0 Å². The highest BCUT2D eigenvalue weighted by molar-refractivity contribution is 6.30. The molecule has 0 radical (unpaired) electrons. The molecule has 17 heavy (non-hydrogen) atoms. The van der Waals surface area contributed by atoms with Crippen LogP contribution in [0.3, 0.4) is 0 Å². The Bertz CT molecular complexity index is 470. The van der Waals surface area contributed by atoms with Gasteiger partial charge in [-0.05, 0) is 44.1 Å². The molecule has 2 aliphatic rings. The summed E-state index contributed by atoms with van der Waals surface area (Å²) in [6.45, 7) is 1.76. The first-order valence-corrected chi connectivity index (χ1v) is 6.08. The van der Waals surface area contributed by atoms with Crippen molar-refractivity contribution in [1.82, 2.24) is 10.6 Å². The van der Waals surface area contributed by atoms with Crippen molar-refractivity contribution in [3.8, 4) is 5.75 Å². The summed E-state index contributed by atoms with van der Waals surface area (Å²) in [5.41, 5.74) is 0.673. The lowest BCUT2D eigenvalue weighted by Gasteiger charge is -2.41. The second-order valence-electron chi connectivity index (χ2n) is 4.49. The van der Waals surface area contributed by atoms with E-state index in [-0.39, 0.29) is 11.6 Å². The fourth-order valence-electron chi connectivity index (χ4n) is 2.60. The van der Waals surface area contributed by atoms with Gasteiger partial charge < -0.3 is 15.4 Å². The summed E-state index contributed by atoms with van der Waals surface area (Å²) in [4.78, 5) is 11.6. The van der Waals surface area contributed by atoms with Gasteiger partial charge in [0.2, 0.25) is 0 Å². The van der Waals surface area contributed by atoms with Gasteiger partial charge in [0.05, 0.1) is 5.54 Å². The monoisotopic (exact) mass is 252 g/mol. The SMILES string of the molecule is O=C1NC2(CCNCC2)c2cc(Cl)ccc2O1. The van der Waals surface area contributed by atoms with Crippen LogP contribution in [0.1, 0.15) is 18.4 Å². The summed E-state index contributed by atoms with van der Waals surface area (Å²) in [6.07, 6.45) is 1.34. The van der Waals surface area contributed by atoms with Gasteiger partial charge in [0.25, 0.3) is 0 Å². The van der Waals surface area contributed by atoms with E-state index in [9.17, 15) is 4.79 Å². The molecule has 1 spiro atoms. The van der Waals surface area contributed by atoms with Gasteiger partial charge in [0.1, 0.15) is 5.75 Å². The van der Waals surface area contributed by atoms with E-state index in [1.165, 1.54) is 0 Å². The Balaban J connectivity index is 2.11. The Morgan fingerprint density at radius 2 is 2.06 bits per heavy atom. The van der Waals surface area contributed by atoms with Crippen LogP contribution in [-0.2, 0) is 5.54 Å². The summed E-state index contributed by atoms with van der Waals surface area (Å²) in [5, 5.41) is 6.91. The summed E-state index contributed by atoms with van der Waals surface area (Å²) in [5.74, 6) is 0.625. The second-order valence-corrected chi connectivity index (χ2v) is 4.92. The van der Waals surface area contributed by atoms with Crippen LogP contribution in [0.5, 0.6) is 5.75 Å². The van der Waals surface area contributed by atoms with Crippen molar-refractivity contribution in [2.24, 2.45) is 0 Å². The number of piperidine rings is 1. The summed E-state index contributed by atoms with van der Waals surface area (Å²) < 4.78 is 5.19. The highest BCUT2D eigenvalue weighted by Gasteiger charge is 2.41. The molecule has 0 saturated carbocycles. The molecule has 1 fully saturated rings. The molecule has 0 atom stereocenters. The zero-order chi connectivity index (χ0) is 11.9. The molecule has 90 valence electrons. The Kier molecular flexibility index (Phi) is 2.49. The van der Waals surface area contributed by atoms with E-state index >= 15 is 0 Å². The predicted molar refractivity (Wildman–Crippen MR) is 64.4 cm³/mol. The zero-order valence-corrected chi connectivity index (χ0v) is 10.0. The van der Waals surface area contributed by atoms with Gasteiger partial charge in [-0.2, -0.15) is 0 Å². The Morgan fingerprint density at radius 1 is 1.29 bits per heavy atom. The van der Waals surface area contributed by atoms with E-state index in [1.54, 1.807) is 12.1 Å². The average Bonchev–Trinajstić information content (AvgIpc) is 2.31. The maximum absolute atomic E-state index is 11.6. The van der Waals surface area contributed by atoms with Crippen molar-refractivity contribution in [1.29, 1.82) is 0 Å². The Labute approximate surface area is 104 Å². The largest absolute Gasteiger partial charge is 0.413 e. The molecule has 0 aromatic heterocycles. The highest BCUT2D eigenvalue weighted by Crippen LogP contribution is 2.40. The normalized spacial score (nSPS) is 21.6. The third kappa shape index (κ3) is 1.77. The molecular formula is C12H13ClN2O2. The van der Waals surface area contributed by atoms with Crippen molar-refractivity contribution in [2.45, 2.75) is 18.4 Å². The number of hydrogen-bond donors (Lipinski definition) is 2. The van der Waals surface area contributed by atoms with Gasteiger partial charge in [0.15, 0.2) is 0 Å². The lowest BCUT2D eigenvalue weighted by molar-refractivity contribution is 0.154. The minimum absolute atomic E-state index is 0.319. The number of benzene rings is 1. The van der Waals surface area contributed by atoms with Gasteiger partial charge in [-0.25, -0.2) is 4.79 Å². The maximum Gasteiger partial charge on any atom is 0.413 e. The van der Waals surface area contributed by atoms with Crippen molar-refractivity contribution >= 4 is 17.7 Å². The molecule has 2 aliphatic heterocycles. The number of rotatable bonds is 0. The molecule has 2 heterocycles. The first-order chi connectivity index (χ1) is 8.20. The minimum atomic E-state index is -0.373. The van der Waals surface area contributed by atoms with Crippen LogP contribution in [-0.4, -0.2) is 19.2 Å². The van der Waals surface area contributed by atoms with E-state index < -0.39 is 0 Å². The van der Waals surface area contributed by atoms with Crippen LogP contribution < -0.4 is 15.4 Å². The van der Waals surface area contributed by atoms with Crippen LogP contribution in [0.15, 0.2) is 18.2 Å². The standard InChI is InChI=1S/C12H13ClN2O2/c13-8-1-2-10-9(7-8)12(15-11(16)17-10)3-5-14-6-4-12/h1-2,7,14H,3-6H2,(H,15,16). The summed E-state index contributed by atoms with van der Waals surface area (Å²) in [7, 11) is 0. The fourth-order valence-corrected chi connectivity index (χ4v) is 2.77. The second kappa shape index (κ2) is 3.89. The number of carbonyl (C=O) groups excluding carboxylic acids is 1. The average molecular weight is 253 g/mol. The molecule has 5 heteroatoms. The number of fused-ring (bicyclic) bond motifs is 2. The number of hydrogen-bond acceptors (Lipinski definition) is 3. The third-order valence-electron chi connectivity index (χ3n) is 3.46. The van der Waals surface area contributed by atoms with Crippen molar-refractivity contribution in [2.75, 3.05) is 13.1 Å². The molecule has 1 saturated heterocycles. The number of carbonyl (C=O) groups is 1. The third-order valence-corrected chi connectivity index (χ3v) is 3.69. The Hall–Kier alpha value is -1.26. The van der Waals surface area contributed by atoms with Crippen LogP contribution >= 0.6 is 11.6 Å². The fraction of sp³-hybridized carbons (Fsp3) is 0.417. The quantitative estimate of drug-likeness (QED) is 0.743. The van der Waals surface area contributed by atoms with Crippen molar-refractivity contribution < 1.29 is 9.53 Å². The molecule has 1 amide bonds. The first-order valence-electron chi connectivity index (χ1n) is 5.70. The minimum Gasteiger partial charge on any atom is -0.410 e. The molecule has 3 rings (SSSR count). The molecule has 2 N–H and O–H groups in total. The van der Waals surface area contributed by atoms with Crippen LogP contribution in [0.4, 0.5) is 4.79 Å². The predicted octanol–water partition coefficient (Wildman–Crippen LogP) is 2.02. The van der Waals surface area contributed by atoms with E-state index in [0.29, 0.717) is 10.8 Å². The van der Waals surface area contributed by atoms with E-state index in [1.807, 2.05) is 6.07 Å². The maximum atomic E-state index is 11.6. The van der Waals surface area contributed by atoms with Crippen LogP contribution in [0.2, 0.25) is 5.02 Å². The molecule has 1 aromatic rings. The molecule has 4 nitrogen and oxygen atoms in total. The number of halogens is 1. The first kappa shape index (κ1) is 10.9. The molecule has 0 aliphatic carbocycles. The molecule has 0 bridgehead atoms. The zero-order valence-electron chi connectivity index (χ0n) is 9.25. The van der Waals surface area contributed by atoms with E-state index in [4.69, 9.17) is 16.3 Å². The lowest BCUT2D eigenvalue weighted by Crippen LogP contribution is -2.55. The van der Waals surface area contributed by atoms with Crippen molar-refractivity contribution in [3.05, 3.63) is 28.8 Å². The molecular weight excluding hydrogens is 240 g/mol. The molecule has 1 aromatic carbocycles. The topological polar surface area (TPSA) is 50.4 Å². The van der Waals surface area contributed by atoms with Crippen molar-refractivity contribution in [3.63, 3.8) is 0 Å². The summed E-state index contributed by atoms with van der Waals surface area (Å²) in [6, 6.07) is 5.40. The molecule has 0 unspecified atom stereocenters. The summed E-state index contributed by atoms with van der Waals surface area (Å²) >= 11 is 6.03. The van der Waals surface area contributed by atoms with Crippen LogP contribution in [0, 0.1) is 0 Å². The van der Waals surface area contributed by atoms with Gasteiger partial charge in [-0.1, -0.05) is 11.6 Å². The number of nitrogens with one attached hydrogen (secondary N) is 2. The van der Waals surface area contributed by atoms with Gasteiger partial charge in [-0.3, -0.25) is 0 Å². The smallest absolute Gasteiger partial charge is 0.410 e. The number of ether oxygens (including phenoxy) is 1. The van der Waals surface area contributed by atoms with Gasteiger partial charge in [0, 0.05) is 10.6 Å². The highest BCUT2D eigenvalue weighted by atomic mass is 35.5. The van der Waals surface area contributed by atoms with E-state index in [0.717, 1.165) is 31.5 Å². The van der Waals surface area contributed by atoms with Crippen LogP contribution in [0.25, 0.3) is 0 Å². The Morgan fingerprint density at radius 3 is 2.82 bits per heavy atom. The van der Waals surface area contributed by atoms with E-state index in [2.05, 4.69) is 10.6 Å². The lowest BCUT2D eigenvalue weighted by atomic mass is 9.80. The van der Waals surface area contributed by atoms with Gasteiger partial charge >= 0.3 is 6.09 Å². The number of amides is 1.